The van der Waals surface area contributed by atoms with Crippen molar-refractivity contribution in [1.29, 1.82) is 0 Å². The van der Waals surface area contributed by atoms with Crippen molar-refractivity contribution in [3.05, 3.63) is 58.9 Å². The maximum Gasteiger partial charge on any atom is 0.149 e. The van der Waals surface area contributed by atoms with Crippen LogP contribution >= 0.6 is 0 Å². The molecule has 2 aromatic carbocycles. The SMILES string of the molecule is CN([O-])c1ccc(ONNNNOc2ccc(N(C)[O-])cc2)cc1. The Kier molecular flexibility index (Phi) is 6.57. The Balaban J connectivity index is 1.61. The van der Waals surface area contributed by atoms with Crippen molar-refractivity contribution in [1.82, 2.24) is 22.2 Å². The maximum absolute atomic E-state index is 11.1. The molecule has 0 fully saturated rings. The van der Waals surface area contributed by atoms with Crippen molar-refractivity contribution in [3.63, 3.8) is 0 Å². The van der Waals surface area contributed by atoms with Gasteiger partial charge in [0.2, 0.25) is 0 Å². The van der Waals surface area contributed by atoms with Gasteiger partial charge in [-0.3, -0.25) is 0 Å². The van der Waals surface area contributed by atoms with Gasteiger partial charge in [0.25, 0.3) is 0 Å². The van der Waals surface area contributed by atoms with Crippen molar-refractivity contribution in [2.45, 2.75) is 0 Å². The molecule has 0 aliphatic rings. The lowest BCUT2D eigenvalue weighted by Crippen LogP contribution is -2.52. The fraction of sp³-hybridized carbons (Fsp3) is 0.143. The predicted molar refractivity (Wildman–Crippen MR) is 90.2 cm³/mol. The average Bonchev–Trinajstić information content (AvgIpc) is 2.58. The number of benzene rings is 2. The van der Waals surface area contributed by atoms with Gasteiger partial charge in [0, 0.05) is 11.4 Å². The van der Waals surface area contributed by atoms with Crippen molar-refractivity contribution < 1.29 is 9.68 Å². The highest BCUT2D eigenvalue weighted by atomic mass is 16.7. The van der Waals surface area contributed by atoms with Crippen molar-refractivity contribution in [3.8, 4) is 11.5 Å². The zero-order chi connectivity index (χ0) is 17.4. The van der Waals surface area contributed by atoms with Crippen LogP contribution < -0.4 is 42.0 Å². The molecule has 0 atom stereocenters. The van der Waals surface area contributed by atoms with E-state index in [1.165, 1.54) is 14.1 Å². The van der Waals surface area contributed by atoms with E-state index in [9.17, 15) is 10.4 Å². The van der Waals surface area contributed by atoms with Gasteiger partial charge in [0.05, 0.1) is 0 Å². The number of hydrogen-bond donors (Lipinski definition) is 4. The highest BCUT2D eigenvalue weighted by Gasteiger charge is 1.96. The molecule has 0 spiro atoms. The summed E-state index contributed by atoms with van der Waals surface area (Å²) in [7, 11) is 2.83. The van der Waals surface area contributed by atoms with Crippen LogP contribution in [0.5, 0.6) is 11.5 Å². The van der Waals surface area contributed by atoms with E-state index in [0.29, 0.717) is 22.9 Å². The topological polar surface area (TPSA) is 119 Å². The molecule has 0 aliphatic heterocycles. The van der Waals surface area contributed by atoms with E-state index in [1.54, 1.807) is 48.5 Å². The predicted octanol–water partition coefficient (Wildman–Crippen LogP) is 0.946. The van der Waals surface area contributed by atoms with Gasteiger partial charge in [-0.2, -0.15) is 0 Å². The number of nitrogens with one attached hydrogen (secondary N) is 4. The lowest BCUT2D eigenvalue weighted by molar-refractivity contribution is 0.0611. The summed E-state index contributed by atoms with van der Waals surface area (Å²) >= 11 is 0. The first-order valence-electron chi connectivity index (χ1n) is 6.92. The first-order valence-corrected chi connectivity index (χ1v) is 6.92. The minimum absolute atomic E-state index is 0.508. The Morgan fingerprint density at radius 3 is 1.29 bits per heavy atom. The molecule has 2 aromatic rings. The largest absolute Gasteiger partial charge is 0.758 e. The molecule has 0 amide bonds. The smallest absolute Gasteiger partial charge is 0.149 e. The average molecular weight is 334 g/mol. The van der Waals surface area contributed by atoms with E-state index in [4.69, 9.17) is 9.68 Å². The van der Waals surface area contributed by atoms with Gasteiger partial charge < -0.3 is 30.2 Å². The van der Waals surface area contributed by atoms with Crippen LogP contribution in [0, 0.1) is 10.4 Å². The Labute approximate surface area is 138 Å². The molecular weight excluding hydrogens is 316 g/mol. The monoisotopic (exact) mass is 334 g/mol. The van der Waals surface area contributed by atoms with Gasteiger partial charge in [-0.05, 0) is 62.6 Å². The molecule has 0 aliphatic carbocycles. The highest BCUT2D eigenvalue weighted by Crippen LogP contribution is 2.17. The number of nitrogens with zero attached hydrogens (tertiary/aromatic N) is 2. The van der Waals surface area contributed by atoms with Gasteiger partial charge >= 0.3 is 0 Å². The lowest BCUT2D eigenvalue weighted by Gasteiger charge is -2.24. The minimum atomic E-state index is 0.508. The first-order chi connectivity index (χ1) is 11.6. The molecular formula is C14H18N6O4-2. The van der Waals surface area contributed by atoms with Gasteiger partial charge in [-0.1, -0.05) is 11.2 Å². The third kappa shape index (κ3) is 5.55. The molecule has 0 aromatic heterocycles. The second-order valence-corrected chi connectivity index (χ2v) is 4.64. The van der Waals surface area contributed by atoms with Crippen LogP contribution in [0.2, 0.25) is 0 Å². The van der Waals surface area contributed by atoms with E-state index in [2.05, 4.69) is 22.2 Å². The Hall–Kier alpha value is -2.60. The third-order valence-electron chi connectivity index (χ3n) is 2.90. The minimum Gasteiger partial charge on any atom is -0.758 e. The quantitative estimate of drug-likeness (QED) is 0.390. The second kappa shape index (κ2) is 8.88. The zero-order valence-corrected chi connectivity index (χ0v) is 13.1. The molecule has 10 heteroatoms. The number of hydroxylamine groups is 2. The van der Waals surface area contributed by atoms with Crippen LogP contribution in [0.3, 0.4) is 0 Å². The highest BCUT2D eigenvalue weighted by molar-refractivity contribution is 5.49. The van der Waals surface area contributed by atoms with Crippen LogP contribution in [0.4, 0.5) is 11.4 Å². The summed E-state index contributed by atoms with van der Waals surface area (Å²) in [5.74, 6) is 1.02. The molecule has 0 saturated carbocycles. The number of rotatable bonds is 9. The van der Waals surface area contributed by atoms with Crippen LogP contribution in [-0.4, -0.2) is 14.1 Å². The molecule has 0 heterocycles. The van der Waals surface area contributed by atoms with Crippen molar-refractivity contribution in [2.24, 2.45) is 0 Å². The van der Waals surface area contributed by atoms with Crippen LogP contribution in [0.15, 0.2) is 48.5 Å². The summed E-state index contributed by atoms with van der Waals surface area (Å²) in [6.45, 7) is 0. The Bertz CT molecular complexity index is 550. The first kappa shape index (κ1) is 17.7. The zero-order valence-electron chi connectivity index (χ0n) is 13.1. The molecule has 0 saturated heterocycles. The van der Waals surface area contributed by atoms with E-state index < -0.39 is 0 Å². The fourth-order valence-electron chi connectivity index (χ4n) is 1.67. The molecule has 24 heavy (non-hydrogen) atoms. The third-order valence-corrected chi connectivity index (χ3v) is 2.90. The molecule has 130 valence electrons. The summed E-state index contributed by atoms with van der Waals surface area (Å²) in [5, 5.41) is 23.6. The molecule has 4 N–H and O–H groups in total. The van der Waals surface area contributed by atoms with Crippen LogP contribution in [0.25, 0.3) is 0 Å². The van der Waals surface area contributed by atoms with E-state index in [-0.39, 0.29) is 0 Å². The van der Waals surface area contributed by atoms with E-state index >= 15 is 0 Å². The summed E-state index contributed by atoms with van der Waals surface area (Å²) in [6, 6.07) is 13.1. The van der Waals surface area contributed by atoms with Gasteiger partial charge in [-0.25, -0.2) is 0 Å². The summed E-state index contributed by atoms with van der Waals surface area (Å²) in [6.07, 6.45) is 0. The Morgan fingerprint density at radius 1 is 0.667 bits per heavy atom. The van der Waals surface area contributed by atoms with E-state index in [0.717, 1.165) is 10.1 Å². The normalized spacial score (nSPS) is 10.3. The summed E-state index contributed by atoms with van der Waals surface area (Å²) in [4.78, 5) is 10.3. The molecule has 0 bridgehead atoms. The maximum atomic E-state index is 11.1. The standard InChI is InChI=1S/C14H18N6O4/c1-19(21)11-3-7-13(8-4-11)23-17-15-16-18-24-14-9-5-12(6-10-14)20(2)22/h3-10,15-18H,1-2H3/q-2. The van der Waals surface area contributed by atoms with Crippen molar-refractivity contribution >= 4 is 11.4 Å². The van der Waals surface area contributed by atoms with Crippen LogP contribution in [0.1, 0.15) is 0 Å². The number of anilines is 2. The molecule has 0 radical (unpaired) electrons. The summed E-state index contributed by atoms with van der Waals surface area (Å²) in [5.41, 5.74) is 10.9. The Morgan fingerprint density at radius 2 is 1.00 bits per heavy atom. The molecule has 10 nitrogen and oxygen atoms in total. The van der Waals surface area contributed by atoms with Gasteiger partial charge in [0.15, 0.2) is 0 Å². The molecule has 0 unspecified atom stereocenters. The van der Waals surface area contributed by atoms with Crippen molar-refractivity contribution in [2.75, 3.05) is 24.2 Å². The summed E-state index contributed by atoms with van der Waals surface area (Å²) < 4.78 is 0. The number of hydrogen-bond acceptors (Lipinski definition) is 10. The molecule has 2 rings (SSSR count). The van der Waals surface area contributed by atoms with Gasteiger partial charge in [-0.15, -0.1) is 11.1 Å². The fourth-order valence-corrected chi connectivity index (χ4v) is 1.67. The lowest BCUT2D eigenvalue weighted by atomic mass is 10.3. The van der Waals surface area contributed by atoms with Crippen LogP contribution in [-0.2, 0) is 0 Å². The van der Waals surface area contributed by atoms with E-state index in [1.807, 2.05) is 0 Å². The van der Waals surface area contributed by atoms with Gasteiger partial charge in [0.1, 0.15) is 11.5 Å². The second-order valence-electron chi connectivity index (χ2n) is 4.64. The number of hydrazine groups is 3.